The summed E-state index contributed by atoms with van der Waals surface area (Å²) in [6.07, 6.45) is 1.71. The molecule has 1 amide bonds. The van der Waals surface area contributed by atoms with E-state index in [-0.39, 0.29) is 34.4 Å². The second kappa shape index (κ2) is 12.0. The van der Waals surface area contributed by atoms with Crippen LogP contribution in [0.2, 0.25) is 0 Å². The predicted molar refractivity (Wildman–Crippen MR) is 170 cm³/mol. The molecular weight excluding hydrogens is 572 g/mol. The summed E-state index contributed by atoms with van der Waals surface area (Å²) in [5.74, 6) is -0.860. The van der Waals surface area contributed by atoms with Gasteiger partial charge in [-0.2, -0.15) is 4.31 Å². The number of ether oxygens (including phenoxy) is 1. The molecule has 44 heavy (non-hydrogen) atoms. The SMILES string of the molecule is Cc1cn(C(=O)c2ccccc2)c2cc(OCc3ccccc3)c(N(C(=O)c3ccccc3)S(=O)(=O)c3ccccc3)cc12. The summed E-state index contributed by atoms with van der Waals surface area (Å²) in [5, 5.41) is 0.602. The van der Waals surface area contributed by atoms with E-state index < -0.39 is 15.9 Å². The van der Waals surface area contributed by atoms with Crippen LogP contribution in [0.25, 0.3) is 10.9 Å². The van der Waals surface area contributed by atoms with Crippen LogP contribution in [0, 0.1) is 6.92 Å². The van der Waals surface area contributed by atoms with Crippen molar-refractivity contribution in [1.82, 2.24) is 4.57 Å². The number of rotatable bonds is 8. The lowest BCUT2D eigenvalue weighted by atomic mass is 10.1. The maximum absolute atomic E-state index is 14.3. The molecule has 5 aromatic carbocycles. The van der Waals surface area contributed by atoms with Crippen LogP contribution in [0.15, 0.2) is 145 Å². The van der Waals surface area contributed by atoms with Crippen LogP contribution in [-0.2, 0) is 16.6 Å². The highest BCUT2D eigenvalue weighted by Crippen LogP contribution is 2.39. The molecule has 0 fully saturated rings. The highest BCUT2D eigenvalue weighted by molar-refractivity contribution is 7.93. The van der Waals surface area contributed by atoms with Gasteiger partial charge in [0.05, 0.1) is 10.4 Å². The second-order valence-corrected chi connectivity index (χ2v) is 12.0. The summed E-state index contributed by atoms with van der Waals surface area (Å²) in [6, 6.07) is 37.6. The molecule has 1 heterocycles. The van der Waals surface area contributed by atoms with Crippen LogP contribution < -0.4 is 9.04 Å². The molecule has 0 aliphatic rings. The van der Waals surface area contributed by atoms with Gasteiger partial charge in [0.15, 0.2) is 0 Å². The molecule has 6 rings (SSSR count). The van der Waals surface area contributed by atoms with Crippen molar-refractivity contribution in [2.45, 2.75) is 18.4 Å². The number of aryl methyl sites for hydroxylation is 1. The van der Waals surface area contributed by atoms with Crippen LogP contribution in [0.3, 0.4) is 0 Å². The Morgan fingerprint density at radius 2 is 1.27 bits per heavy atom. The summed E-state index contributed by atoms with van der Waals surface area (Å²) in [4.78, 5) is 27.7. The Hall–Kier alpha value is -5.47. The molecule has 6 aromatic rings. The number of hydrogen-bond donors (Lipinski definition) is 0. The normalized spacial score (nSPS) is 11.3. The summed E-state index contributed by atoms with van der Waals surface area (Å²) < 4.78 is 37.2. The number of carbonyl (C=O) groups excluding carboxylic acids is 2. The zero-order valence-corrected chi connectivity index (χ0v) is 24.6. The van der Waals surface area contributed by atoms with Gasteiger partial charge in [-0.1, -0.05) is 84.9 Å². The fraction of sp³-hybridized carbons (Fsp3) is 0.0556. The van der Waals surface area contributed by atoms with Crippen LogP contribution in [0.4, 0.5) is 5.69 Å². The molecule has 0 spiro atoms. The van der Waals surface area contributed by atoms with Crippen molar-refractivity contribution in [2.75, 3.05) is 4.31 Å². The molecule has 1 aromatic heterocycles. The van der Waals surface area contributed by atoms with Crippen molar-refractivity contribution >= 4 is 38.4 Å². The smallest absolute Gasteiger partial charge is 0.272 e. The maximum atomic E-state index is 14.3. The summed E-state index contributed by atoms with van der Waals surface area (Å²) in [6.45, 7) is 1.94. The van der Waals surface area contributed by atoms with Gasteiger partial charge in [-0.3, -0.25) is 14.2 Å². The number of sulfonamides is 1. The van der Waals surface area contributed by atoms with Crippen LogP contribution in [0.5, 0.6) is 5.75 Å². The number of carbonyl (C=O) groups is 2. The Morgan fingerprint density at radius 1 is 0.727 bits per heavy atom. The molecule has 0 saturated heterocycles. The number of aromatic nitrogens is 1. The van der Waals surface area contributed by atoms with Crippen LogP contribution in [0.1, 0.15) is 31.8 Å². The van der Waals surface area contributed by atoms with Crippen LogP contribution >= 0.6 is 0 Å². The molecule has 0 unspecified atom stereocenters. The van der Waals surface area contributed by atoms with Gasteiger partial charge in [-0.15, -0.1) is 0 Å². The number of nitrogens with zero attached hydrogens (tertiary/aromatic N) is 2. The third kappa shape index (κ3) is 5.50. The van der Waals surface area contributed by atoms with E-state index >= 15 is 0 Å². The number of benzene rings is 5. The number of fused-ring (bicyclic) bond motifs is 1. The van der Waals surface area contributed by atoms with Gasteiger partial charge in [0.1, 0.15) is 18.0 Å². The van der Waals surface area contributed by atoms with Gasteiger partial charge in [-0.05, 0) is 60.5 Å². The zero-order chi connectivity index (χ0) is 30.7. The monoisotopic (exact) mass is 600 g/mol. The van der Waals surface area contributed by atoms with Crippen molar-refractivity contribution in [3.63, 3.8) is 0 Å². The van der Waals surface area contributed by atoms with Gasteiger partial charge in [0, 0.05) is 28.8 Å². The fourth-order valence-electron chi connectivity index (χ4n) is 5.05. The van der Waals surface area contributed by atoms with E-state index in [4.69, 9.17) is 4.74 Å². The Kier molecular flexibility index (Phi) is 7.83. The van der Waals surface area contributed by atoms with Crippen molar-refractivity contribution in [1.29, 1.82) is 0 Å². The van der Waals surface area contributed by atoms with E-state index in [1.54, 1.807) is 91.1 Å². The van der Waals surface area contributed by atoms with Crippen molar-refractivity contribution < 1.29 is 22.7 Å². The van der Waals surface area contributed by atoms with Gasteiger partial charge < -0.3 is 4.74 Å². The lowest BCUT2D eigenvalue weighted by molar-refractivity contribution is 0.0963. The van der Waals surface area contributed by atoms with Gasteiger partial charge in [0.25, 0.3) is 21.8 Å². The minimum absolute atomic E-state index is 0.0409. The molecule has 0 atom stereocenters. The van der Waals surface area contributed by atoms with E-state index in [9.17, 15) is 18.0 Å². The average Bonchev–Trinajstić information content (AvgIpc) is 3.39. The highest BCUT2D eigenvalue weighted by atomic mass is 32.2. The first-order valence-corrected chi connectivity index (χ1v) is 15.4. The first kappa shape index (κ1) is 28.6. The maximum Gasteiger partial charge on any atom is 0.272 e. The quantitative estimate of drug-likeness (QED) is 0.184. The zero-order valence-electron chi connectivity index (χ0n) is 23.8. The standard InChI is InChI=1S/C36H28N2O5S/c1-26-24-37(35(39)28-16-8-3-9-17-28)32-23-34(43-25-27-14-6-2-7-15-27)33(22-31(26)32)38(36(40)29-18-10-4-11-19-29)44(41,42)30-20-12-5-13-21-30/h2-24H,25H2,1H3. The third-order valence-electron chi connectivity index (χ3n) is 7.27. The molecular formula is C36H28N2O5S. The molecule has 0 saturated carbocycles. The molecule has 7 nitrogen and oxygen atoms in total. The average molecular weight is 601 g/mol. The summed E-state index contributed by atoms with van der Waals surface area (Å²) in [7, 11) is -4.41. The first-order valence-electron chi connectivity index (χ1n) is 14.0. The third-order valence-corrected chi connectivity index (χ3v) is 8.98. The second-order valence-electron chi connectivity index (χ2n) is 10.2. The lowest BCUT2D eigenvalue weighted by Crippen LogP contribution is -2.37. The van der Waals surface area contributed by atoms with E-state index in [0.29, 0.717) is 16.5 Å². The van der Waals surface area contributed by atoms with Crippen LogP contribution in [-0.4, -0.2) is 24.8 Å². The molecule has 0 bridgehead atoms. The Labute approximate surface area is 255 Å². The highest BCUT2D eigenvalue weighted by Gasteiger charge is 2.35. The van der Waals surface area contributed by atoms with Gasteiger partial charge in [-0.25, -0.2) is 8.42 Å². The molecule has 218 valence electrons. The van der Waals surface area contributed by atoms with E-state index in [1.165, 1.54) is 16.7 Å². The van der Waals surface area contributed by atoms with Gasteiger partial charge >= 0.3 is 0 Å². The molecule has 0 N–H and O–H groups in total. The molecule has 0 aliphatic heterocycles. The number of anilines is 1. The molecule has 8 heteroatoms. The Morgan fingerprint density at radius 3 is 1.89 bits per heavy atom. The Balaban J connectivity index is 1.58. The first-order chi connectivity index (χ1) is 21.3. The lowest BCUT2D eigenvalue weighted by Gasteiger charge is -2.25. The number of hydrogen-bond acceptors (Lipinski definition) is 5. The largest absolute Gasteiger partial charge is 0.487 e. The van der Waals surface area contributed by atoms with E-state index in [2.05, 4.69) is 0 Å². The predicted octanol–water partition coefficient (Wildman–Crippen LogP) is 7.25. The summed E-state index contributed by atoms with van der Waals surface area (Å²) in [5.41, 5.74) is 2.82. The van der Waals surface area contributed by atoms with E-state index in [0.717, 1.165) is 15.4 Å². The molecule has 0 aliphatic carbocycles. The van der Waals surface area contributed by atoms with E-state index in [1.807, 2.05) is 43.3 Å². The van der Waals surface area contributed by atoms with Gasteiger partial charge in [0.2, 0.25) is 0 Å². The minimum Gasteiger partial charge on any atom is -0.487 e. The fourth-order valence-corrected chi connectivity index (χ4v) is 6.48. The topological polar surface area (TPSA) is 85.7 Å². The van der Waals surface area contributed by atoms with Crippen molar-refractivity contribution in [2.24, 2.45) is 0 Å². The Bertz CT molecular complexity index is 2060. The van der Waals surface area contributed by atoms with Crippen molar-refractivity contribution in [3.8, 4) is 5.75 Å². The number of amides is 1. The summed E-state index contributed by atoms with van der Waals surface area (Å²) >= 11 is 0. The molecule has 0 radical (unpaired) electrons. The minimum atomic E-state index is -4.41. The van der Waals surface area contributed by atoms with Crippen molar-refractivity contribution in [3.05, 3.63) is 162 Å².